The molecule has 0 saturated carbocycles. The highest BCUT2D eigenvalue weighted by atomic mass is 31.2. The van der Waals surface area contributed by atoms with E-state index in [4.69, 9.17) is 24.3 Å². The average Bonchev–Trinajstić information content (AvgIpc) is 3.37. The summed E-state index contributed by atoms with van der Waals surface area (Å²) in [7, 11) is -4.40. The van der Waals surface area contributed by atoms with Crippen molar-refractivity contribution in [2.45, 2.75) is 206 Å². The smallest absolute Gasteiger partial charge is 0.462 e. The van der Waals surface area contributed by atoms with Gasteiger partial charge in [-0.25, -0.2) is 4.57 Å². The summed E-state index contributed by atoms with van der Waals surface area (Å²) >= 11 is 0. The van der Waals surface area contributed by atoms with E-state index < -0.39 is 32.5 Å². The van der Waals surface area contributed by atoms with Gasteiger partial charge in [-0.05, 0) is 122 Å². The molecule has 0 aliphatic heterocycles. The van der Waals surface area contributed by atoms with Gasteiger partial charge in [-0.3, -0.25) is 18.6 Å². The fraction of sp³-hybridized carbons (Fsp3) is 0.581. The summed E-state index contributed by atoms with van der Waals surface area (Å²) in [6.07, 6.45) is 80.5. The van der Waals surface area contributed by atoms with E-state index in [1.165, 1.54) is 19.3 Å². The van der Waals surface area contributed by atoms with Crippen LogP contribution in [0.25, 0.3) is 0 Å². The van der Waals surface area contributed by atoms with Crippen LogP contribution in [0.2, 0.25) is 0 Å². The van der Waals surface area contributed by atoms with Crippen molar-refractivity contribution in [1.29, 1.82) is 0 Å². The quantitative estimate of drug-likeness (QED) is 0.0264. The van der Waals surface area contributed by atoms with Crippen LogP contribution in [0.4, 0.5) is 0 Å². The maximum absolute atomic E-state index is 12.7. The van der Waals surface area contributed by atoms with Crippen LogP contribution in [0.1, 0.15) is 200 Å². The Morgan fingerprint density at radius 3 is 1.15 bits per heavy atom. The van der Waals surface area contributed by atoms with E-state index in [0.29, 0.717) is 12.8 Å². The lowest BCUT2D eigenvalue weighted by Crippen LogP contribution is -2.29. The number of hydrogen-bond acceptors (Lipinski definition) is 8. The first kappa shape index (κ1) is 67.9. The van der Waals surface area contributed by atoms with Gasteiger partial charge in [0, 0.05) is 19.4 Å². The van der Waals surface area contributed by atoms with Crippen molar-refractivity contribution in [2.24, 2.45) is 5.73 Å². The number of ether oxygens (including phenoxy) is 2. The molecule has 0 bridgehead atoms. The Morgan fingerprint density at radius 1 is 0.431 bits per heavy atom. The summed E-state index contributed by atoms with van der Waals surface area (Å²) in [6.45, 7) is 3.54. The number of carbonyl (C=O) groups excluding carboxylic acids is 2. The van der Waals surface area contributed by atoms with E-state index in [9.17, 15) is 19.0 Å². The molecule has 0 aliphatic carbocycles. The SMILES string of the molecule is CC/C=C\C/C=C\C/C=C\C/C=C\C/C=C\C/C=C\C/C=C\C/C=C\C/C=C\C/C=C\C/C=C\CCCCCCCC(=O)OC(COC(=O)CCCCCCC/C=C\CCCCC)COP(=O)(O)OCCN. The first-order valence-electron chi connectivity index (χ1n) is 27.8. The van der Waals surface area contributed by atoms with Gasteiger partial charge < -0.3 is 20.1 Å². The molecule has 0 heterocycles. The highest BCUT2D eigenvalue weighted by Gasteiger charge is 2.26. The van der Waals surface area contributed by atoms with Crippen molar-refractivity contribution in [3.05, 3.63) is 146 Å². The van der Waals surface area contributed by atoms with Gasteiger partial charge in [-0.1, -0.05) is 211 Å². The van der Waals surface area contributed by atoms with Crippen molar-refractivity contribution in [1.82, 2.24) is 0 Å². The molecule has 3 N–H and O–H groups in total. The van der Waals surface area contributed by atoms with Crippen LogP contribution in [0.15, 0.2) is 146 Å². The molecule has 2 unspecified atom stereocenters. The Morgan fingerprint density at radius 2 is 0.764 bits per heavy atom. The fourth-order valence-electron chi connectivity index (χ4n) is 6.87. The summed E-state index contributed by atoms with van der Waals surface area (Å²) in [5.41, 5.74) is 5.36. The molecule has 9 nitrogen and oxygen atoms in total. The fourth-order valence-corrected chi connectivity index (χ4v) is 7.63. The molecule has 0 amide bonds. The van der Waals surface area contributed by atoms with Crippen molar-refractivity contribution in [2.75, 3.05) is 26.4 Å². The second-order valence-corrected chi connectivity index (χ2v) is 19.2. The lowest BCUT2D eigenvalue weighted by Gasteiger charge is -2.19. The number of phosphoric ester groups is 1. The Balaban J connectivity index is 4.05. The monoisotopic (exact) mass is 1020 g/mol. The van der Waals surface area contributed by atoms with Gasteiger partial charge in [-0.2, -0.15) is 0 Å². The summed E-state index contributed by atoms with van der Waals surface area (Å²) in [6, 6.07) is 0. The van der Waals surface area contributed by atoms with Crippen LogP contribution in [-0.4, -0.2) is 49.3 Å². The number of rotatable bonds is 50. The highest BCUT2D eigenvalue weighted by molar-refractivity contribution is 7.47. The number of esters is 2. The minimum absolute atomic E-state index is 0.0415. The highest BCUT2D eigenvalue weighted by Crippen LogP contribution is 2.43. The zero-order valence-corrected chi connectivity index (χ0v) is 46.0. The molecule has 0 aliphatic rings. The summed E-state index contributed by atoms with van der Waals surface area (Å²) in [5.74, 6) is -0.873. The molecule has 0 spiro atoms. The van der Waals surface area contributed by atoms with E-state index in [0.717, 1.165) is 141 Å². The van der Waals surface area contributed by atoms with Crippen molar-refractivity contribution < 1.29 is 37.6 Å². The largest absolute Gasteiger partial charge is 0.472 e. The predicted octanol–water partition coefficient (Wildman–Crippen LogP) is 17.6. The van der Waals surface area contributed by atoms with Gasteiger partial charge in [-0.15, -0.1) is 0 Å². The Kier molecular flexibility index (Phi) is 53.0. The van der Waals surface area contributed by atoms with Gasteiger partial charge in [0.2, 0.25) is 0 Å². The molecule has 0 aromatic rings. The number of carbonyl (C=O) groups is 2. The molecule has 0 saturated heterocycles. The third-order valence-electron chi connectivity index (χ3n) is 11.0. The van der Waals surface area contributed by atoms with Crippen molar-refractivity contribution >= 4 is 19.8 Å². The molecule has 406 valence electrons. The minimum Gasteiger partial charge on any atom is -0.462 e. The van der Waals surface area contributed by atoms with Crippen LogP contribution in [-0.2, 0) is 32.7 Å². The van der Waals surface area contributed by atoms with E-state index in [-0.39, 0.29) is 32.6 Å². The third kappa shape index (κ3) is 55.2. The van der Waals surface area contributed by atoms with E-state index in [1.54, 1.807) is 0 Å². The lowest BCUT2D eigenvalue weighted by molar-refractivity contribution is -0.161. The molecule has 0 radical (unpaired) electrons. The lowest BCUT2D eigenvalue weighted by atomic mass is 10.1. The summed E-state index contributed by atoms with van der Waals surface area (Å²) < 4.78 is 32.9. The van der Waals surface area contributed by atoms with Gasteiger partial charge in [0.05, 0.1) is 13.2 Å². The molecular weight excluding hydrogens is 918 g/mol. The normalized spacial score (nSPS) is 14.2. The van der Waals surface area contributed by atoms with Gasteiger partial charge in [0.15, 0.2) is 6.10 Å². The van der Waals surface area contributed by atoms with E-state index in [2.05, 4.69) is 160 Å². The summed E-state index contributed by atoms with van der Waals surface area (Å²) in [4.78, 5) is 35.0. The second-order valence-electron chi connectivity index (χ2n) is 17.7. The van der Waals surface area contributed by atoms with Crippen molar-refractivity contribution in [3.63, 3.8) is 0 Å². The van der Waals surface area contributed by atoms with Crippen LogP contribution >= 0.6 is 7.82 Å². The van der Waals surface area contributed by atoms with Crippen molar-refractivity contribution in [3.8, 4) is 0 Å². The van der Waals surface area contributed by atoms with Crippen LogP contribution in [0.3, 0.4) is 0 Å². The number of allylic oxidation sites excluding steroid dienone is 24. The topological polar surface area (TPSA) is 134 Å². The molecule has 0 aromatic heterocycles. The number of hydrogen-bond donors (Lipinski definition) is 2. The Bertz CT molecular complexity index is 1680. The maximum atomic E-state index is 12.7. The van der Waals surface area contributed by atoms with E-state index >= 15 is 0 Å². The number of phosphoric acid groups is 1. The standard InChI is InChI=1S/C62H100NO8P/c1-3-5-7-9-11-13-15-17-18-19-20-21-22-23-24-25-26-27-28-29-30-31-32-33-34-35-36-37-38-39-40-41-42-43-45-47-49-51-53-55-62(65)71-60(59-70-72(66,67)69-57-56-63)58-68-61(64)54-52-50-48-46-44-16-14-12-10-8-6-4-2/h5,7,11-14,17-18,20-21,23-24,26-27,29-30,32-33,35-36,38-39,41-42,60H,3-4,6,8-10,15-16,19,22,25,28,31,34,37,40,43-59,63H2,1-2H3,(H,66,67)/b7-5-,13-11-,14-12-,18-17-,21-20-,24-23-,27-26-,30-29-,33-32-,36-35-,39-38-,42-41-. The Hall–Kier alpha value is -4.11. The first-order chi connectivity index (χ1) is 35.3. The summed E-state index contributed by atoms with van der Waals surface area (Å²) in [5, 5.41) is 0. The molecule has 2 atom stereocenters. The zero-order valence-electron chi connectivity index (χ0n) is 45.1. The minimum atomic E-state index is -4.40. The number of unbranched alkanes of at least 4 members (excludes halogenated alkanes) is 13. The predicted molar refractivity (Wildman–Crippen MR) is 307 cm³/mol. The molecule has 0 rings (SSSR count). The van der Waals surface area contributed by atoms with Gasteiger partial charge in [0.1, 0.15) is 6.61 Å². The molecule has 10 heteroatoms. The molecule has 72 heavy (non-hydrogen) atoms. The second kappa shape index (κ2) is 56.2. The Labute approximate surface area is 439 Å². The van der Waals surface area contributed by atoms with Crippen LogP contribution < -0.4 is 5.73 Å². The van der Waals surface area contributed by atoms with E-state index in [1.807, 2.05) is 0 Å². The zero-order chi connectivity index (χ0) is 52.4. The third-order valence-corrected chi connectivity index (χ3v) is 11.9. The maximum Gasteiger partial charge on any atom is 0.472 e. The molecule has 0 aromatic carbocycles. The van der Waals surface area contributed by atoms with Gasteiger partial charge in [0.25, 0.3) is 0 Å². The first-order valence-corrected chi connectivity index (χ1v) is 29.3. The average molecular weight is 1020 g/mol. The molecular formula is C62H100NO8P. The van der Waals surface area contributed by atoms with Gasteiger partial charge >= 0.3 is 19.8 Å². The van der Waals surface area contributed by atoms with Crippen LogP contribution in [0.5, 0.6) is 0 Å². The van der Waals surface area contributed by atoms with Crippen LogP contribution in [0, 0.1) is 0 Å². The number of nitrogens with two attached hydrogens (primary N) is 1. The molecule has 0 fully saturated rings.